The number of aromatic nitrogens is 3. The molecule has 1 fully saturated rings. The van der Waals surface area contributed by atoms with Crippen molar-refractivity contribution in [1.82, 2.24) is 19.7 Å². The monoisotopic (exact) mass is 370 g/mol. The van der Waals surface area contributed by atoms with Gasteiger partial charge in [-0.3, -0.25) is 9.48 Å². The summed E-state index contributed by atoms with van der Waals surface area (Å²) in [5.41, 5.74) is 3.05. The smallest absolute Gasteiger partial charge is 0.255 e. The van der Waals surface area contributed by atoms with E-state index in [4.69, 9.17) is 9.72 Å². The summed E-state index contributed by atoms with van der Waals surface area (Å²) in [7, 11) is 1.87. The highest BCUT2D eigenvalue weighted by Crippen LogP contribution is 2.30. The van der Waals surface area contributed by atoms with Crippen molar-refractivity contribution in [1.29, 1.82) is 0 Å². The summed E-state index contributed by atoms with van der Waals surface area (Å²) in [6.45, 7) is 7.11. The van der Waals surface area contributed by atoms with E-state index in [1.165, 1.54) is 0 Å². The van der Waals surface area contributed by atoms with Gasteiger partial charge in [-0.2, -0.15) is 5.10 Å². The molecule has 1 aliphatic rings. The number of fused-ring (bicyclic) bond motifs is 1. The molecule has 0 saturated carbocycles. The lowest BCUT2D eigenvalue weighted by atomic mass is 10.1. The van der Waals surface area contributed by atoms with Gasteiger partial charge >= 0.3 is 0 Å². The SMILES string of the molecule is Cc1nn(C)c2nc(-c3cccs3)cc(C(=O)N3CC(C)OCC3C)c12. The highest BCUT2D eigenvalue weighted by atomic mass is 32.1. The molecule has 2 unspecified atom stereocenters. The van der Waals surface area contributed by atoms with Gasteiger partial charge in [0, 0.05) is 13.6 Å². The van der Waals surface area contributed by atoms with Gasteiger partial charge in [-0.25, -0.2) is 4.98 Å². The van der Waals surface area contributed by atoms with Gasteiger partial charge in [0.1, 0.15) is 0 Å². The van der Waals surface area contributed by atoms with E-state index in [0.717, 1.165) is 27.3 Å². The molecule has 6 nitrogen and oxygen atoms in total. The standard InChI is InChI=1S/C19H22N4O2S/c1-11-10-25-12(2)9-23(11)19(24)14-8-15(16-6-5-7-26-16)20-18-17(14)13(3)21-22(18)4/h5-8,11-12H,9-10H2,1-4H3. The van der Waals surface area contributed by atoms with Gasteiger partial charge < -0.3 is 9.64 Å². The van der Waals surface area contributed by atoms with Gasteiger partial charge in [0.25, 0.3) is 5.91 Å². The second-order valence-electron chi connectivity index (χ2n) is 6.89. The number of aryl methyl sites for hydroxylation is 2. The van der Waals surface area contributed by atoms with Crippen LogP contribution in [0.2, 0.25) is 0 Å². The summed E-state index contributed by atoms with van der Waals surface area (Å²) >= 11 is 1.62. The molecule has 136 valence electrons. The normalized spacial score (nSPS) is 20.7. The molecule has 0 aromatic carbocycles. The minimum atomic E-state index is 0.0222. The van der Waals surface area contributed by atoms with Crippen LogP contribution in [0.5, 0.6) is 0 Å². The summed E-state index contributed by atoms with van der Waals surface area (Å²) in [4.78, 5) is 21.2. The Morgan fingerprint density at radius 1 is 1.38 bits per heavy atom. The van der Waals surface area contributed by atoms with Crippen LogP contribution >= 0.6 is 11.3 Å². The Morgan fingerprint density at radius 2 is 2.19 bits per heavy atom. The number of carbonyl (C=O) groups is 1. The number of hydrogen-bond acceptors (Lipinski definition) is 5. The Balaban J connectivity index is 1.88. The van der Waals surface area contributed by atoms with Crippen LogP contribution in [0.3, 0.4) is 0 Å². The maximum Gasteiger partial charge on any atom is 0.255 e. The van der Waals surface area contributed by atoms with E-state index in [-0.39, 0.29) is 18.1 Å². The molecular weight excluding hydrogens is 348 g/mol. The minimum Gasteiger partial charge on any atom is -0.375 e. The molecule has 0 bridgehead atoms. The van der Waals surface area contributed by atoms with Crippen molar-refractivity contribution in [3.8, 4) is 10.6 Å². The highest BCUT2D eigenvalue weighted by molar-refractivity contribution is 7.13. The van der Waals surface area contributed by atoms with Crippen LogP contribution in [0.4, 0.5) is 0 Å². The van der Waals surface area contributed by atoms with Crippen molar-refractivity contribution in [2.45, 2.75) is 32.9 Å². The lowest BCUT2D eigenvalue weighted by Gasteiger charge is -2.37. The third-order valence-corrected chi connectivity index (χ3v) is 5.73. The van der Waals surface area contributed by atoms with Gasteiger partial charge in [0.05, 0.1) is 46.0 Å². The number of carbonyl (C=O) groups excluding carboxylic acids is 1. The topological polar surface area (TPSA) is 60.2 Å². The number of thiophene rings is 1. The van der Waals surface area contributed by atoms with Crippen LogP contribution in [-0.2, 0) is 11.8 Å². The molecule has 1 saturated heterocycles. The fraction of sp³-hybridized carbons (Fsp3) is 0.421. The number of pyridine rings is 1. The third kappa shape index (κ3) is 2.81. The van der Waals surface area contributed by atoms with Crippen LogP contribution in [-0.4, -0.2) is 50.9 Å². The van der Waals surface area contributed by atoms with Gasteiger partial charge in [-0.05, 0) is 38.3 Å². The number of nitrogens with zero attached hydrogens (tertiary/aromatic N) is 4. The van der Waals surface area contributed by atoms with E-state index in [2.05, 4.69) is 5.10 Å². The number of ether oxygens (including phenoxy) is 1. The molecule has 26 heavy (non-hydrogen) atoms. The van der Waals surface area contributed by atoms with Gasteiger partial charge in [-0.15, -0.1) is 11.3 Å². The van der Waals surface area contributed by atoms with E-state index in [9.17, 15) is 4.79 Å². The third-order valence-electron chi connectivity index (χ3n) is 4.84. The summed E-state index contributed by atoms with van der Waals surface area (Å²) in [6, 6.07) is 5.98. The Hall–Kier alpha value is -2.25. The summed E-state index contributed by atoms with van der Waals surface area (Å²) in [6.07, 6.45) is 0.0410. The predicted molar refractivity (Wildman–Crippen MR) is 102 cm³/mol. The molecule has 1 amide bonds. The first kappa shape index (κ1) is 17.2. The highest BCUT2D eigenvalue weighted by Gasteiger charge is 2.30. The minimum absolute atomic E-state index is 0.0222. The first-order valence-electron chi connectivity index (χ1n) is 8.76. The Bertz CT molecular complexity index is 964. The fourth-order valence-electron chi connectivity index (χ4n) is 3.50. The zero-order valence-corrected chi connectivity index (χ0v) is 16.2. The lowest BCUT2D eigenvalue weighted by Crippen LogP contribution is -2.50. The molecule has 0 aliphatic carbocycles. The van der Waals surface area contributed by atoms with Gasteiger partial charge in [-0.1, -0.05) is 6.07 Å². The zero-order valence-electron chi connectivity index (χ0n) is 15.4. The maximum atomic E-state index is 13.5. The number of amides is 1. The molecule has 0 N–H and O–H groups in total. The summed E-state index contributed by atoms with van der Waals surface area (Å²) in [5, 5.41) is 7.35. The molecule has 3 aromatic rings. The van der Waals surface area contributed by atoms with E-state index in [1.54, 1.807) is 16.0 Å². The first-order valence-corrected chi connectivity index (χ1v) is 9.64. The molecule has 7 heteroatoms. The maximum absolute atomic E-state index is 13.5. The van der Waals surface area contributed by atoms with E-state index in [1.807, 2.05) is 56.3 Å². The van der Waals surface area contributed by atoms with Crippen molar-refractivity contribution in [3.05, 3.63) is 34.8 Å². The van der Waals surface area contributed by atoms with Crippen LogP contribution in [0.25, 0.3) is 21.6 Å². The molecule has 0 spiro atoms. The molecule has 3 aromatic heterocycles. The van der Waals surface area contributed by atoms with Crippen molar-refractivity contribution < 1.29 is 9.53 Å². The fourth-order valence-corrected chi connectivity index (χ4v) is 4.19. The zero-order chi connectivity index (χ0) is 18.4. The Morgan fingerprint density at radius 3 is 2.92 bits per heavy atom. The first-order chi connectivity index (χ1) is 12.5. The van der Waals surface area contributed by atoms with Gasteiger partial charge in [0.15, 0.2) is 5.65 Å². The van der Waals surface area contributed by atoms with Crippen LogP contribution in [0.15, 0.2) is 23.6 Å². The van der Waals surface area contributed by atoms with Gasteiger partial charge in [0.2, 0.25) is 0 Å². The number of hydrogen-bond donors (Lipinski definition) is 0. The van der Waals surface area contributed by atoms with E-state index < -0.39 is 0 Å². The number of morpholine rings is 1. The summed E-state index contributed by atoms with van der Waals surface area (Å²) in [5.74, 6) is 0.0222. The largest absolute Gasteiger partial charge is 0.375 e. The van der Waals surface area contributed by atoms with E-state index in [0.29, 0.717) is 18.7 Å². The number of rotatable bonds is 2. The molecule has 4 rings (SSSR count). The molecule has 4 heterocycles. The lowest BCUT2D eigenvalue weighted by molar-refractivity contribution is -0.0386. The average Bonchev–Trinajstić information content (AvgIpc) is 3.25. The van der Waals surface area contributed by atoms with Crippen LogP contribution in [0, 0.1) is 6.92 Å². The molecule has 2 atom stereocenters. The predicted octanol–water partition coefficient (Wildman–Crippen LogP) is 3.25. The average molecular weight is 370 g/mol. The molecule has 1 aliphatic heterocycles. The molecule has 0 radical (unpaired) electrons. The molecular formula is C19H22N4O2S. The Labute approximate surface area is 156 Å². The van der Waals surface area contributed by atoms with Crippen LogP contribution < -0.4 is 0 Å². The summed E-state index contributed by atoms with van der Waals surface area (Å²) < 4.78 is 7.44. The quantitative estimate of drug-likeness (QED) is 0.695. The van der Waals surface area contributed by atoms with Crippen LogP contribution in [0.1, 0.15) is 29.9 Å². The Kier molecular flexibility index (Phi) is 4.28. The van der Waals surface area contributed by atoms with Crippen molar-refractivity contribution >= 4 is 28.3 Å². The van der Waals surface area contributed by atoms with Crippen molar-refractivity contribution in [2.24, 2.45) is 7.05 Å². The second-order valence-corrected chi connectivity index (χ2v) is 7.84. The second kappa shape index (κ2) is 6.48. The van der Waals surface area contributed by atoms with E-state index >= 15 is 0 Å². The van der Waals surface area contributed by atoms with Crippen molar-refractivity contribution in [2.75, 3.05) is 13.2 Å². The van der Waals surface area contributed by atoms with Crippen molar-refractivity contribution in [3.63, 3.8) is 0 Å².